The number of halogens is 1. The molecule has 2 aromatic carbocycles. The third kappa shape index (κ3) is 4.28. The number of imidazole rings is 1. The topological polar surface area (TPSA) is 75.2 Å². The Balaban J connectivity index is 1.96. The van der Waals surface area contributed by atoms with E-state index in [-0.39, 0.29) is 11.5 Å². The van der Waals surface area contributed by atoms with E-state index < -0.39 is 5.97 Å². The smallest absolute Gasteiger partial charge is 0.342 e. The van der Waals surface area contributed by atoms with Crippen molar-refractivity contribution in [3.63, 3.8) is 0 Å². The molecule has 3 aromatic rings. The number of terminal acetylenes is 1. The molecule has 130 valence electrons. The Morgan fingerprint density at radius 3 is 2.92 bits per heavy atom. The molecule has 0 saturated heterocycles. The van der Waals surface area contributed by atoms with Crippen molar-refractivity contribution in [3.8, 4) is 18.1 Å². The lowest BCUT2D eigenvalue weighted by Gasteiger charge is -2.08. The maximum atomic E-state index is 11.7. The summed E-state index contributed by atoms with van der Waals surface area (Å²) in [5, 5.41) is 10.1. The van der Waals surface area contributed by atoms with Crippen molar-refractivity contribution >= 4 is 50.8 Å². The molecule has 7 heteroatoms. The van der Waals surface area contributed by atoms with Crippen LogP contribution < -0.4 is 4.74 Å². The molecule has 0 unspecified atom stereocenters. The molecule has 1 aromatic heterocycles. The summed E-state index contributed by atoms with van der Waals surface area (Å²) in [6.45, 7) is 0.0988. The van der Waals surface area contributed by atoms with Crippen LogP contribution in [0.4, 0.5) is 0 Å². The molecule has 2 N–H and O–H groups in total. The fourth-order valence-electron chi connectivity index (χ4n) is 2.24. The average molecular weight is 429 g/mol. The highest BCUT2D eigenvalue weighted by molar-refractivity contribution is 9.10. The second kappa shape index (κ2) is 8.13. The zero-order chi connectivity index (χ0) is 18.5. The third-order valence-electron chi connectivity index (χ3n) is 3.35. The van der Waals surface area contributed by atoms with E-state index in [2.05, 4.69) is 31.8 Å². The molecule has 26 heavy (non-hydrogen) atoms. The molecule has 1 heterocycles. The van der Waals surface area contributed by atoms with Crippen LogP contribution in [-0.4, -0.2) is 27.7 Å². The monoisotopic (exact) mass is 428 g/mol. The van der Waals surface area contributed by atoms with E-state index in [4.69, 9.17) is 11.2 Å². The first-order chi connectivity index (χ1) is 12.6. The lowest BCUT2D eigenvalue weighted by atomic mass is 10.2. The second-order valence-corrected chi connectivity index (χ2v) is 7.10. The number of para-hydroxylation sites is 2. The number of carboxylic acids is 1. The number of carboxylic acid groups (broad SMARTS) is 1. The fraction of sp³-hybridized carbons (Fsp3) is 0.0526. The quantitative estimate of drug-likeness (QED) is 0.342. The standard InChI is InChI=1S/C19H13BrN2O3S/c1-2-9-25-16-8-7-13(20)10-12(16)11-17(18(23)24)26-19-21-14-5-3-4-6-15(14)22-19/h1,3-8,10-11H,9H2,(H,21,22)(H,23,24)/b17-11-. The first-order valence-electron chi connectivity index (χ1n) is 7.50. The average Bonchev–Trinajstić information content (AvgIpc) is 3.03. The van der Waals surface area contributed by atoms with Crippen LogP contribution in [0, 0.1) is 12.3 Å². The Hall–Kier alpha value is -2.69. The molecule has 3 rings (SSSR count). The van der Waals surface area contributed by atoms with Crippen molar-refractivity contribution in [2.45, 2.75) is 5.16 Å². The Bertz CT molecular complexity index is 1000. The van der Waals surface area contributed by atoms with Gasteiger partial charge in [0.2, 0.25) is 0 Å². The molecule has 0 aliphatic carbocycles. The largest absolute Gasteiger partial charge is 0.480 e. The van der Waals surface area contributed by atoms with Gasteiger partial charge in [-0.1, -0.05) is 34.0 Å². The summed E-state index contributed by atoms with van der Waals surface area (Å²) in [4.78, 5) is 19.3. The molecule has 0 amide bonds. The summed E-state index contributed by atoms with van der Waals surface area (Å²) >= 11 is 4.42. The first kappa shape index (κ1) is 18.1. The molecule has 0 radical (unpaired) electrons. The van der Waals surface area contributed by atoms with Crippen molar-refractivity contribution in [1.29, 1.82) is 0 Å². The zero-order valence-electron chi connectivity index (χ0n) is 13.4. The highest BCUT2D eigenvalue weighted by Crippen LogP contribution is 2.31. The number of nitrogens with one attached hydrogen (secondary N) is 1. The van der Waals surface area contributed by atoms with E-state index in [1.807, 2.05) is 24.3 Å². The summed E-state index contributed by atoms with van der Waals surface area (Å²) in [6, 6.07) is 12.8. The predicted octanol–water partition coefficient (Wildman–Crippen LogP) is 4.56. The maximum Gasteiger partial charge on any atom is 0.342 e. The normalized spacial score (nSPS) is 11.3. The van der Waals surface area contributed by atoms with Crippen LogP contribution in [0.5, 0.6) is 5.75 Å². The summed E-state index contributed by atoms with van der Waals surface area (Å²) < 4.78 is 6.29. The highest BCUT2D eigenvalue weighted by atomic mass is 79.9. The number of aromatic amines is 1. The van der Waals surface area contributed by atoms with Gasteiger partial charge >= 0.3 is 5.97 Å². The van der Waals surface area contributed by atoms with Crippen LogP contribution in [0.15, 0.2) is 57.0 Å². The van der Waals surface area contributed by atoms with Gasteiger partial charge in [0, 0.05) is 10.0 Å². The van der Waals surface area contributed by atoms with E-state index in [1.54, 1.807) is 18.2 Å². The second-order valence-electron chi connectivity index (χ2n) is 5.15. The maximum absolute atomic E-state index is 11.7. The van der Waals surface area contributed by atoms with Gasteiger partial charge in [-0.2, -0.15) is 0 Å². The number of ether oxygens (including phenoxy) is 1. The highest BCUT2D eigenvalue weighted by Gasteiger charge is 2.14. The Kier molecular flexibility index (Phi) is 5.66. The van der Waals surface area contributed by atoms with Gasteiger partial charge in [0.15, 0.2) is 5.16 Å². The summed E-state index contributed by atoms with van der Waals surface area (Å²) in [5.41, 5.74) is 2.23. The molecule has 0 spiro atoms. The molecule has 0 saturated carbocycles. The lowest BCUT2D eigenvalue weighted by molar-refractivity contribution is -0.131. The van der Waals surface area contributed by atoms with Gasteiger partial charge in [0.25, 0.3) is 0 Å². The summed E-state index contributed by atoms with van der Waals surface area (Å²) in [5.74, 6) is 1.85. The molecule has 0 aliphatic rings. The Morgan fingerprint density at radius 1 is 1.38 bits per heavy atom. The molecule has 0 fully saturated rings. The van der Waals surface area contributed by atoms with E-state index in [9.17, 15) is 9.90 Å². The number of benzene rings is 2. The van der Waals surface area contributed by atoms with Gasteiger partial charge in [-0.3, -0.25) is 0 Å². The summed E-state index contributed by atoms with van der Waals surface area (Å²) in [6.07, 6.45) is 6.77. The van der Waals surface area contributed by atoms with Crippen LogP contribution in [0.3, 0.4) is 0 Å². The molecular weight excluding hydrogens is 416 g/mol. The number of hydrogen-bond acceptors (Lipinski definition) is 4. The predicted molar refractivity (Wildman–Crippen MR) is 106 cm³/mol. The number of aromatic nitrogens is 2. The molecule has 0 atom stereocenters. The number of carbonyl (C=O) groups is 1. The zero-order valence-corrected chi connectivity index (χ0v) is 15.8. The van der Waals surface area contributed by atoms with Crippen molar-refractivity contribution in [3.05, 3.63) is 57.4 Å². The van der Waals surface area contributed by atoms with Crippen LogP contribution in [0.2, 0.25) is 0 Å². The number of thioether (sulfide) groups is 1. The number of fused-ring (bicyclic) bond motifs is 1. The van der Waals surface area contributed by atoms with E-state index in [1.165, 1.54) is 6.08 Å². The number of aliphatic carboxylic acids is 1. The Morgan fingerprint density at radius 2 is 2.19 bits per heavy atom. The fourth-order valence-corrected chi connectivity index (χ4v) is 3.41. The first-order valence-corrected chi connectivity index (χ1v) is 9.11. The van der Waals surface area contributed by atoms with Crippen molar-refractivity contribution in [1.82, 2.24) is 9.97 Å². The van der Waals surface area contributed by atoms with E-state index in [0.29, 0.717) is 16.5 Å². The van der Waals surface area contributed by atoms with Crippen LogP contribution >= 0.6 is 27.7 Å². The molecule has 0 aliphatic heterocycles. The third-order valence-corrected chi connectivity index (χ3v) is 4.75. The lowest BCUT2D eigenvalue weighted by Crippen LogP contribution is -1.99. The summed E-state index contributed by atoms with van der Waals surface area (Å²) in [7, 11) is 0. The van der Waals surface area contributed by atoms with Crippen LogP contribution in [0.25, 0.3) is 17.1 Å². The van der Waals surface area contributed by atoms with Crippen molar-refractivity contribution < 1.29 is 14.6 Å². The van der Waals surface area contributed by atoms with E-state index in [0.717, 1.165) is 27.3 Å². The number of hydrogen-bond donors (Lipinski definition) is 2. The van der Waals surface area contributed by atoms with Crippen molar-refractivity contribution in [2.75, 3.05) is 6.61 Å². The molecule has 0 bridgehead atoms. The van der Waals surface area contributed by atoms with Gasteiger partial charge in [-0.15, -0.1) is 6.42 Å². The molecular formula is C19H13BrN2O3S. The minimum absolute atomic E-state index is 0.0988. The van der Waals surface area contributed by atoms with E-state index >= 15 is 0 Å². The number of rotatable bonds is 6. The molecule has 5 nitrogen and oxygen atoms in total. The van der Waals surface area contributed by atoms with Crippen LogP contribution in [0.1, 0.15) is 5.56 Å². The van der Waals surface area contributed by atoms with Gasteiger partial charge in [0.1, 0.15) is 17.3 Å². The number of H-pyrrole nitrogens is 1. The van der Waals surface area contributed by atoms with Crippen LogP contribution in [-0.2, 0) is 4.79 Å². The van der Waals surface area contributed by atoms with Gasteiger partial charge < -0.3 is 14.8 Å². The number of nitrogens with zero attached hydrogens (tertiary/aromatic N) is 1. The SMILES string of the molecule is C#CCOc1ccc(Br)cc1/C=C(\Sc1nc2ccccc2[nH]1)C(=O)O. The van der Waals surface area contributed by atoms with Gasteiger partial charge in [-0.05, 0) is 48.2 Å². The van der Waals surface area contributed by atoms with Gasteiger partial charge in [-0.25, -0.2) is 9.78 Å². The Labute approximate surface area is 162 Å². The minimum atomic E-state index is -1.06. The van der Waals surface area contributed by atoms with Crippen molar-refractivity contribution in [2.24, 2.45) is 0 Å². The van der Waals surface area contributed by atoms with Gasteiger partial charge in [0.05, 0.1) is 11.0 Å². The minimum Gasteiger partial charge on any atom is -0.480 e.